The van der Waals surface area contributed by atoms with E-state index in [2.05, 4.69) is 0 Å². The van der Waals surface area contributed by atoms with Crippen molar-refractivity contribution in [3.05, 3.63) is 65.0 Å². The Bertz CT molecular complexity index is 632. The van der Waals surface area contributed by atoms with Crippen molar-refractivity contribution in [2.75, 3.05) is 6.61 Å². The molecule has 2 rings (SSSR count). The molecule has 0 fully saturated rings. The highest BCUT2D eigenvalue weighted by atomic mass is 19.1. The van der Waals surface area contributed by atoms with Gasteiger partial charge in [-0.05, 0) is 74.6 Å². The van der Waals surface area contributed by atoms with Gasteiger partial charge in [0, 0.05) is 5.56 Å². The van der Waals surface area contributed by atoms with Gasteiger partial charge >= 0.3 is 0 Å². The van der Waals surface area contributed by atoms with E-state index in [-0.39, 0.29) is 11.6 Å². The summed E-state index contributed by atoms with van der Waals surface area (Å²) in [6, 6.07) is 12.4. The van der Waals surface area contributed by atoms with Gasteiger partial charge in [-0.3, -0.25) is 4.79 Å². The molecule has 0 amide bonds. The minimum Gasteiger partial charge on any atom is -0.494 e. The lowest BCUT2D eigenvalue weighted by atomic mass is 10.0. The lowest BCUT2D eigenvalue weighted by Gasteiger charge is -2.08. The van der Waals surface area contributed by atoms with Crippen LogP contribution in [0.4, 0.5) is 4.39 Å². The van der Waals surface area contributed by atoms with Crippen LogP contribution in [0, 0.1) is 12.7 Å². The summed E-state index contributed by atoms with van der Waals surface area (Å²) in [7, 11) is 0. The van der Waals surface area contributed by atoms with Gasteiger partial charge in [0.2, 0.25) is 0 Å². The van der Waals surface area contributed by atoms with E-state index in [1.54, 1.807) is 25.1 Å². The largest absolute Gasteiger partial charge is 0.494 e. The number of benzene rings is 2. The molecule has 3 heteroatoms. The molecular formula is C19H21FO2. The molecule has 2 aromatic rings. The summed E-state index contributed by atoms with van der Waals surface area (Å²) in [4.78, 5) is 11.2. The molecule has 0 N–H and O–H groups in total. The number of aryl methyl sites for hydroxylation is 1. The molecule has 0 radical (unpaired) electrons. The second-order valence-corrected chi connectivity index (χ2v) is 5.41. The van der Waals surface area contributed by atoms with E-state index in [1.807, 2.05) is 25.1 Å². The van der Waals surface area contributed by atoms with Gasteiger partial charge in [-0.1, -0.05) is 12.1 Å². The zero-order valence-electron chi connectivity index (χ0n) is 13.1. The fourth-order valence-electron chi connectivity index (χ4n) is 2.32. The van der Waals surface area contributed by atoms with Gasteiger partial charge in [-0.25, -0.2) is 4.39 Å². The maximum atomic E-state index is 13.4. The fraction of sp³-hybridized carbons (Fsp3) is 0.316. The molecule has 0 aliphatic carbocycles. The van der Waals surface area contributed by atoms with Gasteiger partial charge in [0.05, 0.1) is 6.61 Å². The molecule has 0 aliphatic rings. The molecule has 0 saturated heterocycles. The number of Topliss-reactive ketones (excluding diaryl/α,β-unsaturated/α-hetero) is 1. The first-order chi connectivity index (χ1) is 10.6. The number of carbonyl (C=O) groups excluding carboxylic acids is 1. The summed E-state index contributed by atoms with van der Waals surface area (Å²) in [5.74, 6) is 0.684. The number of ether oxygens (including phenoxy) is 1. The van der Waals surface area contributed by atoms with Gasteiger partial charge in [0.25, 0.3) is 0 Å². The summed E-state index contributed by atoms with van der Waals surface area (Å²) in [5, 5.41) is 0. The third-order valence-corrected chi connectivity index (χ3v) is 3.75. The topological polar surface area (TPSA) is 26.3 Å². The van der Waals surface area contributed by atoms with Crippen LogP contribution < -0.4 is 4.74 Å². The predicted octanol–water partition coefficient (Wildman–Crippen LogP) is 4.74. The first kappa shape index (κ1) is 16.2. The first-order valence-corrected chi connectivity index (χ1v) is 7.55. The Balaban J connectivity index is 1.73. The van der Waals surface area contributed by atoms with Crippen molar-refractivity contribution in [2.24, 2.45) is 0 Å². The van der Waals surface area contributed by atoms with Crippen LogP contribution in [0.5, 0.6) is 5.75 Å². The Hall–Kier alpha value is -2.16. The average molecular weight is 300 g/mol. The molecule has 0 heterocycles. The van der Waals surface area contributed by atoms with Crippen LogP contribution in [0.25, 0.3) is 0 Å². The smallest absolute Gasteiger partial charge is 0.159 e. The van der Waals surface area contributed by atoms with Crippen molar-refractivity contribution in [3.8, 4) is 5.75 Å². The molecule has 22 heavy (non-hydrogen) atoms. The number of halogens is 1. The van der Waals surface area contributed by atoms with E-state index >= 15 is 0 Å². The van der Waals surface area contributed by atoms with E-state index in [0.29, 0.717) is 12.2 Å². The zero-order chi connectivity index (χ0) is 15.9. The molecule has 0 atom stereocenters. The molecule has 0 bridgehead atoms. The molecule has 2 nitrogen and oxygen atoms in total. The van der Waals surface area contributed by atoms with E-state index in [9.17, 15) is 9.18 Å². The van der Waals surface area contributed by atoms with E-state index in [0.717, 1.165) is 36.1 Å². The van der Waals surface area contributed by atoms with Crippen molar-refractivity contribution in [1.82, 2.24) is 0 Å². The van der Waals surface area contributed by atoms with Gasteiger partial charge < -0.3 is 4.74 Å². The van der Waals surface area contributed by atoms with Crippen LogP contribution in [-0.2, 0) is 6.42 Å². The SMILES string of the molecule is CC(=O)c1ccc(OCCCCc2cccc(F)c2C)cc1. The quantitative estimate of drug-likeness (QED) is 0.545. The average Bonchev–Trinajstić information content (AvgIpc) is 2.51. The van der Waals surface area contributed by atoms with Gasteiger partial charge in [0.1, 0.15) is 11.6 Å². The molecular weight excluding hydrogens is 279 g/mol. The Morgan fingerprint density at radius 2 is 1.82 bits per heavy atom. The maximum Gasteiger partial charge on any atom is 0.159 e. The molecule has 0 saturated carbocycles. The molecule has 0 unspecified atom stereocenters. The minimum atomic E-state index is -0.140. The van der Waals surface area contributed by atoms with Crippen LogP contribution in [-0.4, -0.2) is 12.4 Å². The number of unbranched alkanes of at least 4 members (excludes halogenated alkanes) is 1. The van der Waals surface area contributed by atoms with Crippen LogP contribution >= 0.6 is 0 Å². The van der Waals surface area contributed by atoms with Gasteiger partial charge in [-0.15, -0.1) is 0 Å². The Morgan fingerprint density at radius 3 is 2.50 bits per heavy atom. The predicted molar refractivity (Wildman–Crippen MR) is 86.0 cm³/mol. The van der Waals surface area contributed by atoms with Gasteiger partial charge in [-0.2, -0.15) is 0 Å². The van der Waals surface area contributed by atoms with Crippen molar-refractivity contribution < 1.29 is 13.9 Å². The van der Waals surface area contributed by atoms with Gasteiger partial charge in [0.15, 0.2) is 5.78 Å². The Morgan fingerprint density at radius 1 is 1.09 bits per heavy atom. The normalized spacial score (nSPS) is 10.5. The molecule has 116 valence electrons. The Labute approximate surface area is 130 Å². The number of ketones is 1. The minimum absolute atomic E-state index is 0.0528. The number of hydrogen-bond donors (Lipinski definition) is 0. The lowest BCUT2D eigenvalue weighted by molar-refractivity contribution is 0.101. The highest BCUT2D eigenvalue weighted by Gasteiger charge is 2.03. The van der Waals surface area contributed by atoms with Crippen molar-refractivity contribution in [1.29, 1.82) is 0 Å². The highest BCUT2D eigenvalue weighted by molar-refractivity contribution is 5.94. The summed E-state index contributed by atoms with van der Waals surface area (Å²) < 4.78 is 19.1. The van der Waals surface area contributed by atoms with Crippen LogP contribution in [0.15, 0.2) is 42.5 Å². The second kappa shape index (κ2) is 7.74. The third kappa shape index (κ3) is 4.42. The lowest BCUT2D eigenvalue weighted by Crippen LogP contribution is -2.00. The molecule has 0 aliphatic heterocycles. The molecule has 0 aromatic heterocycles. The maximum absolute atomic E-state index is 13.4. The standard InChI is InChI=1S/C19H21FO2/c1-14-16(7-5-8-19(14)20)6-3-4-13-22-18-11-9-17(10-12-18)15(2)21/h5,7-12H,3-4,6,13H2,1-2H3. The van der Waals surface area contributed by atoms with Crippen molar-refractivity contribution in [2.45, 2.75) is 33.1 Å². The second-order valence-electron chi connectivity index (χ2n) is 5.41. The van der Waals surface area contributed by atoms with Crippen molar-refractivity contribution >= 4 is 5.78 Å². The third-order valence-electron chi connectivity index (χ3n) is 3.75. The molecule has 2 aromatic carbocycles. The monoisotopic (exact) mass is 300 g/mol. The highest BCUT2D eigenvalue weighted by Crippen LogP contribution is 2.16. The molecule has 0 spiro atoms. The summed E-state index contributed by atoms with van der Waals surface area (Å²) in [5.41, 5.74) is 2.49. The zero-order valence-corrected chi connectivity index (χ0v) is 13.1. The summed E-state index contributed by atoms with van der Waals surface area (Å²) in [6.45, 7) is 3.98. The summed E-state index contributed by atoms with van der Waals surface area (Å²) >= 11 is 0. The number of rotatable bonds is 7. The summed E-state index contributed by atoms with van der Waals surface area (Å²) in [6.07, 6.45) is 2.72. The first-order valence-electron chi connectivity index (χ1n) is 7.55. The van der Waals surface area contributed by atoms with E-state index < -0.39 is 0 Å². The van der Waals surface area contributed by atoms with Crippen molar-refractivity contribution in [3.63, 3.8) is 0 Å². The number of carbonyl (C=O) groups is 1. The Kier molecular flexibility index (Phi) is 5.70. The number of hydrogen-bond acceptors (Lipinski definition) is 2. The van der Waals surface area contributed by atoms with Crippen LogP contribution in [0.2, 0.25) is 0 Å². The van der Waals surface area contributed by atoms with Crippen LogP contribution in [0.1, 0.15) is 41.3 Å². The van der Waals surface area contributed by atoms with Crippen LogP contribution in [0.3, 0.4) is 0 Å². The fourth-order valence-corrected chi connectivity index (χ4v) is 2.32. The van der Waals surface area contributed by atoms with E-state index in [1.165, 1.54) is 6.07 Å². The van der Waals surface area contributed by atoms with E-state index in [4.69, 9.17) is 4.74 Å².